The van der Waals surface area contributed by atoms with Gasteiger partial charge < -0.3 is 14.4 Å². The molecule has 0 radical (unpaired) electrons. The van der Waals surface area contributed by atoms with Crippen molar-refractivity contribution in [2.24, 2.45) is 0 Å². The van der Waals surface area contributed by atoms with Gasteiger partial charge in [-0.25, -0.2) is 18.7 Å². The van der Waals surface area contributed by atoms with Gasteiger partial charge in [0.2, 0.25) is 0 Å². The number of hydrogen-bond acceptors (Lipinski definition) is 8. The van der Waals surface area contributed by atoms with Crippen LogP contribution in [0.4, 0.5) is 4.79 Å². The van der Waals surface area contributed by atoms with Crippen LogP contribution in [0.2, 0.25) is 0 Å². The van der Waals surface area contributed by atoms with Crippen molar-refractivity contribution in [2.75, 3.05) is 13.1 Å². The number of rotatable bonds is 8. The number of likely N-dealkylation sites (tertiary alicyclic amines) is 1. The first kappa shape index (κ1) is 29.0. The summed E-state index contributed by atoms with van der Waals surface area (Å²) in [5.74, 6) is 0.124. The first-order valence-electron chi connectivity index (χ1n) is 12.9. The third kappa shape index (κ3) is 6.78. The van der Waals surface area contributed by atoms with Gasteiger partial charge in [0.05, 0.1) is 17.7 Å². The molecule has 212 valence electrons. The maximum absolute atomic E-state index is 14.1. The molecule has 3 aromatic rings. The number of ether oxygens (including phenoxy) is 2. The molecule has 2 aromatic carbocycles. The van der Waals surface area contributed by atoms with Crippen LogP contribution in [0.5, 0.6) is 11.5 Å². The number of sulfone groups is 1. The van der Waals surface area contributed by atoms with Gasteiger partial charge in [-0.2, -0.15) is 0 Å². The van der Waals surface area contributed by atoms with E-state index in [1.807, 2.05) is 30.3 Å². The molecule has 0 saturated carbocycles. The lowest BCUT2D eigenvalue weighted by atomic mass is 9.95. The molecular formula is C29H33N3O7S. The molecule has 40 heavy (non-hydrogen) atoms. The zero-order chi connectivity index (χ0) is 28.8. The zero-order valence-corrected chi connectivity index (χ0v) is 23.5. The number of hydrogen-bond donors (Lipinski definition) is 1. The first-order valence-corrected chi connectivity index (χ1v) is 14.4. The van der Waals surface area contributed by atoms with Crippen molar-refractivity contribution in [3.05, 3.63) is 84.7 Å². The predicted molar refractivity (Wildman–Crippen MR) is 147 cm³/mol. The average Bonchev–Trinajstić information content (AvgIpc) is 2.93. The number of pyridine rings is 1. The highest BCUT2D eigenvalue weighted by atomic mass is 32.2. The Morgan fingerprint density at radius 2 is 1.62 bits per heavy atom. The van der Waals surface area contributed by atoms with E-state index in [-0.39, 0.29) is 37.4 Å². The number of carbonyl (C=O) groups excluding carboxylic acids is 2. The molecule has 2 amide bonds. The van der Waals surface area contributed by atoms with Crippen LogP contribution in [0.25, 0.3) is 0 Å². The number of amides is 2. The Balaban J connectivity index is 1.55. The molecule has 11 heteroatoms. The van der Waals surface area contributed by atoms with Crippen molar-refractivity contribution in [1.29, 1.82) is 0 Å². The fraction of sp³-hybridized carbons (Fsp3) is 0.345. The number of piperidine rings is 1. The van der Waals surface area contributed by atoms with Crippen LogP contribution in [-0.4, -0.2) is 53.7 Å². The molecule has 0 unspecified atom stereocenters. The van der Waals surface area contributed by atoms with E-state index in [4.69, 9.17) is 14.3 Å². The van der Waals surface area contributed by atoms with Crippen molar-refractivity contribution >= 4 is 21.8 Å². The quantitative estimate of drug-likeness (QED) is 0.390. The summed E-state index contributed by atoms with van der Waals surface area (Å²) in [6.07, 6.45) is 2.32. The van der Waals surface area contributed by atoms with Crippen LogP contribution >= 0.6 is 0 Å². The molecule has 0 aliphatic carbocycles. The first-order chi connectivity index (χ1) is 19.0. The van der Waals surface area contributed by atoms with Gasteiger partial charge >= 0.3 is 6.09 Å². The van der Waals surface area contributed by atoms with Crippen LogP contribution in [0.15, 0.2) is 84.0 Å². The van der Waals surface area contributed by atoms with Crippen molar-refractivity contribution in [3.8, 4) is 11.5 Å². The molecule has 1 N–H and O–H groups in total. The van der Waals surface area contributed by atoms with Gasteiger partial charge in [-0.1, -0.05) is 30.3 Å². The van der Waals surface area contributed by atoms with Gasteiger partial charge in [0.25, 0.3) is 5.91 Å². The highest BCUT2D eigenvalue weighted by Gasteiger charge is 2.54. The lowest BCUT2D eigenvalue weighted by molar-refractivity contribution is -0.138. The Morgan fingerprint density at radius 3 is 2.23 bits per heavy atom. The van der Waals surface area contributed by atoms with E-state index in [2.05, 4.69) is 10.5 Å². The number of nitrogens with one attached hydrogen (secondary N) is 1. The van der Waals surface area contributed by atoms with E-state index in [0.717, 1.165) is 5.56 Å². The monoisotopic (exact) mass is 567 g/mol. The zero-order valence-electron chi connectivity index (χ0n) is 22.7. The summed E-state index contributed by atoms with van der Waals surface area (Å²) >= 11 is 0. The summed E-state index contributed by atoms with van der Waals surface area (Å²) < 4.78 is 37.4. The minimum atomic E-state index is -4.23. The Hall–Kier alpha value is -3.96. The molecule has 1 saturated heterocycles. The van der Waals surface area contributed by atoms with Crippen LogP contribution in [-0.2, 0) is 30.8 Å². The third-order valence-electron chi connectivity index (χ3n) is 6.40. The maximum atomic E-state index is 14.1. The van der Waals surface area contributed by atoms with Crippen LogP contribution in [0.3, 0.4) is 0 Å². The normalized spacial score (nSPS) is 15.2. The molecule has 0 spiro atoms. The van der Waals surface area contributed by atoms with E-state index in [1.54, 1.807) is 39.1 Å². The van der Waals surface area contributed by atoms with Gasteiger partial charge in [-0.3, -0.25) is 14.6 Å². The number of carbonyl (C=O) groups is 2. The molecule has 0 atom stereocenters. The topological polar surface area (TPSA) is 124 Å². The van der Waals surface area contributed by atoms with Gasteiger partial charge in [-0.15, -0.1) is 0 Å². The predicted octanol–water partition coefficient (Wildman–Crippen LogP) is 4.67. The van der Waals surface area contributed by atoms with Gasteiger partial charge in [0.1, 0.15) is 17.1 Å². The fourth-order valence-corrected chi connectivity index (χ4v) is 6.25. The molecule has 2 heterocycles. The molecule has 0 bridgehead atoms. The van der Waals surface area contributed by atoms with Crippen LogP contribution < -0.4 is 10.2 Å². The molecular weight excluding hydrogens is 534 g/mol. The van der Waals surface area contributed by atoms with E-state index >= 15 is 0 Å². The fourth-order valence-electron chi connectivity index (χ4n) is 4.30. The number of hydroxylamine groups is 1. The Labute approximate surface area is 234 Å². The van der Waals surface area contributed by atoms with E-state index in [1.165, 1.54) is 35.4 Å². The summed E-state index contributed by atoms with van der Waals surface area (Å²) in [5.41, 5.74) is 2.46. The molecule has 4 rings (SSSR count). The Morgan fingerprint density at radius 1 is 0.950 bits per heavy atom. The lowest BCUT2D eigenvalue weighted by Crippen LogP contribution is -2.59. The number of aromatic nitrogens is 1. The third-order valence-corrected chi connectivity index (χ3v) is 8.92. The number of benzene rings is 2. The molecule has 1 fully saturated rings. The SMILES string of the molecule is CC(C)(C)OC(=O)N1CCC(C(=O)NOCc2ccccc2)(S(=O)(=O)c2ccc(Oc3cccnc3)cc2)CC1. The summed E-state index contributed by atoms with van der Waals surface area (Å²) in [6, 6.07) is 18.5. The minimum Gasteiger partial charge on any atom is -0.456 e. The molecule has 10 nitrogen and oxygen atoms in total. The Kier molecular flexibility index (Phi) is 8.75. The minimum absolute atomic E-state index is 0.0163. The second-order valence-electron chi connectivity index (χ2n) is 10.4. The second-order valence-corrected chi connectivity index (χ2v) is 12.7. The van der Waals surface area contributed by atoms with Crippen LogP contribution in [0, 0.1) is 0 Å². The van der Waals surface area contributed by atoms with Crippen molar-refractivity contribution in [3.63, 3.8) is 0 Å². The van der Waals surface area contributed by atoms with Crippen molar-refractivity contribution in [2.45, 2.75) is 55.5 Å². The van der Waals surface area contributed by atoms with Crippen molar-refractivity contribution in [1.82, 2.24) is 15.4 Å². The highest BCUT2D eigenvalue weighted by molar-refractivity contribution is 7.93. The lowest BCUT2D eigenvalue weighted by Gasteiger charge is -2.40. The highest BCUT2D eigenvalue weighted by Crippen LogP contribution is 2.37. The molecule has 1 aromatic heterocycles. The van der Waals surface area contributed by atoms with E-state index in [0.29, 0.717) is 11.5 Å². The van der Waals surface area contributed by atoms with E-state index in [9.17, 15) is 18.0 Å². The van der Waals surface area contributed by atoms with E-state index < -0.39 is 32.2 Å². The summed E-state index contributed by atoms with van der Waals surface area (Å²) in [7, 11) is -4.23. The standard InChI is InChI=1S/C29H33N3O7S/c1-28(2,3)39-27(34)32-18-15-29(16-19-32,26(33)31-37-21-22-8-5-4-6-9-22)40(35,36)25-13-11-23(12-14-25)38-24-10-7-17-30-20-24/h4-14,17,20H,15-16,18-19,21H2,1-3H3,(H,31,33). The number of nitrogens with zero attached hydrogens (tertiary/aromatic N) is 2. The largest absolute Gasteiger partial charge is 0.456 e. The average molecular weight is 568 g/mol. The maximum Gasteiger partial charge on any atom is 0.410 e. The van der Waals surface area contributed by atoms with Crippen LogP contribution in [0.1, 0.15) is 39.2 Å². The van der Waals surface area contributed by atoms with Crippen molar-refractivity contribution < 1.29 is 32.3 Å². The Bertz CT molecular complexity index is 1400. The van der Waals surface area contributed by atoms with Gasteiger partial charge in [-0.05, 0) is 75.6 Å². The van der Waals surface area contributed by atoms with Gasteiger partial charge in [0, 0.05) is 19.3 Å². The molecule has 1 aliphatic heterocycles. The summed E-state index contributed by atoms with van der Waals surface area (Å²) in [6.45, 7) is 5.35. The summed E-state index contributed by atoms with van der Waals surface area (Å²) in [5, 5.41) is 0. The smallest absolute Gasteiger partial charge is 0.410 e. The molecule has 1 aliphatic rings. The second kappa shape index (κ2) is 12.1. The summed E-state index contributed by atoms with van der Waals surface area (Å²) in [4.78, 5) is 37.0. The van der Waals surface area contributed by atoms with Gasteiger partial charge in [0.15, 0.2) is 14.6 Å².